The molecule has 1 aliphatic heterocycles. The second-order valence-corrected chi connectivity index (χ2v) is 6.63. The van der Waals surface area contributed by atoms with Crippen LogP contribution in [-0.4, -0.2) is 41.3 Å². The van der Waals surface area contributed by atoms with Gasteiger partial charge in [0.1, 0.15) is 5.82 Å². The molecule has 0 fully saturated rings. The summed E-state index contributed by atoms with van der Waals surface area (Å²) in [5.41, 5.74) is 3.94. The topological polar surface area (TPSA) is 114 Å². The van der Waals surface area contributed by atoms with Crippen LogP contribution in [0.3, 0.4) is 0 Å². The maximum Gasteiger partial charge on any atom is 0.226 e. The Balaban J connectivity index is 1.47. The largest absolute Gasteiger partial charge is 0.311 e. The number of carbonyl (C=O) groups is 1. The van der Waals surface area contributed by atoms with E-state index in [4.69, 9.17) is 0 Å². The second kappa shape index (κ2) is 6.69. The summed E-state index contributed by atoms with van der Waals surface area (Å²) in [6, 6.07) is 11.7. The van der Waals surface area contributed by atoms with Crippen molar-refractivity contribution in [3.8, 4) is 11.4 Å². The molecule has 0 spiro atoms. The first-order chi connectivity index (χ1) is 13.8. The number of H-pyrrole nitrogens is 1. The Labute approximate surface area is 159 Å². The van der Waals surface area contributed by atoms with E-state index in [2.05, 4.69) is 36.0 Å². The molecule has 28 heavy (non-hydrogen) atoms. The predicted molar refractivity (Wildman–Crippen MR) is 100 cm³/mol. The third-order valence-electron chi connectivity index (χ3n) is 4.86. The molecule has 0 aliphatic carbocycles. The molecule has 1 unspecified atom stereocenters. The number of pyridine rings is 1. The summed E-state index contributed by atoms with van der Waals surface area (Å²) in [6.07, 6.45) is 5.75. The number of aromatic nitrogens is 7. The molecule has 0 saturated carbocycles. The lowest BCUT2D eigenvalue weighted by Gasteiger charge is -2.24. The maximum atomic E-state index is 12.4. The first kappa shape index (κ1) is 16.3. The van der Waals surface area contributed by atoms with Crippen molar-refractivity contribution in [2.45, 2.75) is 18.9 Å². The Morgan fingerprint density at radius 3 is 2.79 bits per heavy atom. The normalized spacial score (nSPS) is 15.9. The van der Waals surface area contributed by atoms with Crippen LogP contribution in [0.5, 0.6) is 0 Å². The molecule has 1 atom stereocenters. The number of tetrazole rings is 1. The molecule has 138 valence electrons. The molecule has 1 aliphatic rings. The molecular formula is C19H16N8O. The van der Waals surface area contributed by atoms with Crippen LogP contribution in [0.15, 0.2) is 55.0 Å². The van der Waals surface area contributed by atoms with Crippen LogP contribution in [-0.2, 0) is 11.3 Å². The van der Waals surface area contributed by atoms with Crippen LogP contribution in [0.2, 0.25) is 0 Å². The lowest BCUT2D eigenvalue weighted by molar-refractivity contribution is -0.116. The van der Waals surface area contributed by atoms with E-state index >= 15 is 0 Å². The molecule has 9 nitrogen and oxygen atoms in total. The third-order valence-corrected chi connectivity index (χ3v) is 4.86. The van der Waals surface area contributed by atoms with E-state index in [0.717, 1.165) is 28.1 Å². The molecule has 9 heteroatoms. The molecule has 1 aromatic carbocycles. The van der Waals surface area contributed by atoms with Crippen molar-refractivity contribution < 1.29 is 4.79 Å². The summed E-state index contributed by atoms with van der Waals surface area (Å²) in [7, 11) is 0. The van der Waals surface area contributed by atoms with Gasteiger partial charge in [0.25, 0.3) is 0 Å². The molecule has 0 radical (unpaired) electrons. The van der Waals surface area contributed by atoms with Gasteiger partial charge in [-0.2, -0.15) is 10.3 Å². The average Bonchev–Trinajstić information content (AvgIpc) is 3.39. The number of carbonyl (C=O) groups excluding carboxylic acids is 1. The van der Waals surface area contributed by atoms with Crippen molar-refractivity contribution >= 4 is 11.7 Å². The quantitative estimate of drug-likeness (QED) is 0.566. The zero-order valence-electron chi connectivity index (χ0n) is 14.8. The smallest absolute Gasteiger partial charge is 0.226 e. The summed E-state index contributed by atoms with van der Waals surface area (Å²) < 4.78 is 1.81. The number of hydrogen-bond acceptors (Lipinski definition) is 6. The summed E-state index contributed by atoms with van der Waals surface area (Å²) in [5.74, 6) is 1.21. The highest BCUT2D eigenvalue weighted by Crippen LogP contribution is 2.37. The van der Waals surface area contributed by atoms with Crippen molar-refractivity contribution in [3.05, 3.63) is 71.7 Å². The van der Waals surface area contributed by atoms with Crippen LogP contribution >= 0.6 is 0 Å². The Kier molecular flexibility index (Phi) is 3.90. The Hall–Kier alpha value is -3.88. The van der Waals surface area contributed by atoms with Gasteiger partial charge >= 0.3 is 0 Å². The zero-order chi connectivity index (χ0) is 18.9. The van der Waals surface area contributed by atoms with E-state index in [1.807, 2.05) is 47.3 Å². The molecule has 1 amide bonds. The number of hydrogen-bond donors (Lipinski definition) is 2. The number of nitrogens with zero attached hydrogens (tertiary/aromatic N) is 6. The van der Waals surface area contributed by atoms with Gasteiger partial charge in [0.15, 0.2) is 0 Å². The summed E-state index contributed by atoms with van der Waals surface area (Å²) in [4.78, 5) is 16.5. The molecule has 0 bridgehead atoms. The highest BCUT2D eigenvalue weighted by molar-refractivity contribution is 5.94. The van der Waals surface area contributed by atoms with E-state index in [1.54, 1.807) is 12.4 Å². The Bertz CT molecular complexity index is 1100. The second-order valence-electron chi connectivity index (χ2n) is 6.63. The van der Waals surface area contributed by atoms with E-state index in [0.29, 0.717) is 18.8 Å². The number of rotatable bonds is 4. The lowest BCUT2D eigenvalue weighted by Crippen LogP contribution is -2.25. The van der Waals surface area contributed by atoms with E-state index in [9.17, 15) is 4.79 Å². The lowest BCUT2D eigenvalue weighted by atomic mass is 9.87. The van der Waals surface area contributed by atoms with E-state index in [-0.39, 0.29) is 11.8 Å². The molecule has 4 heterocycles. The fourth-order valence-corrected chi connectivity index (χ4v) is 3.50. The summed E-state index contributed by atoms with van der Waals surface area (Å²) in [6.45, 7) is 0.549. The maximum absolute atomic E-state index is 12.4. The minimum Gasteiger partial charge on any atom is -0.311 e. The van der Waals surface area contributed by atoms with E-state index < -0.39 is 0 Å². The van der Waals surface area contributed by atoms with Crippen molar-refractivity contribution in [3.63, 3.8) is 0 Å². The van der Waals surface area contributed by atoms with Crippen LogP contribution in [0.25, 0.3) is 11.4 Å². The van der Waals surface area contributed by atoms with Crippen LogP contribution in [0.1, 0.15) is 29.0 Å². The van der Waals surface area contributed by atoms with Gasteiger partial charge in [-0.1, -0.05) is 30.3 Å². The summed E-state index contributed by atoms with van der Waals surface area (Å²) in [5, 5.41) is 21.5. The molecule has 0 saturated heterocycles. The van der Waals surface area contributed by atoms with Crippen molar-refractivity contribution in [1.82, 2.24) is 35.4 Å². The minimum atomic E-state index is -0.0503. The number of amides is 1. The number of benzene rings is 1. The minimum absolute atomic E-state index is 0.0207. The van der Waals surface area contributed by atoms with Gasteiger partial charge in [0, 0.05) is 35.9 Å². The number of nitrogens with one attached hydrogen (secondary N) is 2. The standard InChI is InChI=1S/C19H16N8O/c28-17-8-15(13-3-5-14(6-4-13)18-23-25-26-24-18)16-10-21-27(19(16)22-17)11-12-2-1-7-20-9-12/h1-7,9-10,15H,8,11H2,(H,22,28)(H,23,24,25,26). The van der Waals surface area contributed by atoms with Gasteiger partial charge in [-0.25, -0.2) is 4.68 Å². The first-order valence-corrected chi connectivity index (χ1v) is 8.86. The highest BCUT2D eigenvalue weighted by atomic mass is 16.1. The molecule has 5 rings (SSSR count). The number of anilines is 1. The van der Waals surface area contributed by atoms with Gasteiger partial charge < -0.3 is 5.32 Å². The van der Waals surface area contributed by atoms with Gasteiger partial charge in [0.05, 0.1) is 12.7 Å². The summed E-state index contributed by atoms with van der Waals surface area (Å²) >= 11 is 0. The van der Waals surface area contributed by atoms with Crippen LogP contribution < -0.4 is 5.32 Å². The fourth-order valence-electron chi connectivity index (χ4n) is 3.50. The SMILES string of the molecule is O=C1CC(c2ccc(-c3nn[nH]n3)cc2)c2cnn(Cc3cccnc3)c2N1. The fraction of sp³-hybridized carbons (Fsp3) is 0.158. The third kappa shape index (κ3) is 2.92. The number of fused-ring (bicyclic) bond motifs is 1. The van der Waals surface area contributed by atoms with Gasteiger partial charge in [-0.3, -0.25) is 9.78 Å². The Morgan fingerprint density at radius 2 is 2.04 bits per heavy atom. The van der Waals surface area contributed by atoms with E-state index in [1.165, 1.54) is 0 Å². The van der Waals surface area contributed by atoms with Crippen LogP contribution in [0.4, 0.5) is 5.82 Å². The highest BCUT2D eigenvalue weighted by Gasteiger charge is 2.30. The van der Waals surface area contributed by atoms with Gasteiger partial charge in [0.2, 0.25) is 11.7 Å². The molecule has 2 N–H and O–H groups in total. The predicted octanol–water partition coefficient (Wildman–Crippen LogP) is 1.98. The zero-order valence-corrected chi connectivity index (χ0v) is 14.8. The average molecular weight is 372 g/mol. The van der Waals surface area contributed by atoms with Crippen molar-refractivity contribution in [1.29, 1.82) is 0 Å². The first-order valence-electron chi connectivity index (χ1n) is 8.86. The number of aromatic amines is 1. The molecular weight excluding hydrogens is 356 g/mol. The molecule has 3 aromatic heterocycles. The van der Waals surface area contributed by atoms with Crippen LogP contribution in [0, 0.1) is 0 Å². The van der Waals surface area contributed by atoms with Crippen molar-refractivity contribution in [2.75, 3.05) is 5.32 Å². The van der Waals surface area contributed by atoms with Crippen molar-refractivity contribution in [2.24, 2.45) is 0 Å². The van der Waals surface area contributed by atoms with Gasteiger partial charge in [-0.05, 0) is 22.4 Å². The van der Waals surface area contributed by atoms with Gasteiger partial charge in [-0.15, -0.1) is 10.2 Å². The monoisotopic (exact) mass is 372 g/mol. The molecule has 4 aromatic rings. The Morgan fingerprint density at radius 1 is 1.14 bits per heavy atom.